The molecule has 2 N–H and O–H groups in total. The van der Waals surface area contributed by atoms with Gasteiger partial charge in [0, 0.05) is 12.6 Å². The van der Waals surface area contributed by atoms with E-state index in [1.807, 2.05) is 0 Å². The SMILES string of the molecule is OC[C@H]1CCCCN1C[C@@H](O)CC1CCCC1. The molecule has 1 heterocycles. The third kappa shape index (κ3) is 3.94. The summed E-state index contributed by atoms with van der Waals surface area (Å²) in [6.07, 6.45) is 9.61. The average Bonchev–Trinajstić information content (AvgIpc) is 2.82. The third-order valence-electron chi connectivity index (χ3n) is 4.49. The van der Waals surface area contributed by atoms with Gasteiger partial charge in [0.25, 0.3) is 0 Å². The average molecular weight is 241 g/mol. The molecule has 2 atom stereocenters. The number of aliphatic hydroxyl groups excluding tert-OH is 2. The lowest BCUT2D eigenvalue weighted by atomic mass is 9.97. The van der Waals surface area contributed by atoms with Gasteiger partial charge in [0.1, 0.15) is 0 Å². The van der Waals surface area contributed by atoms with Crippen molar-refractivity contribution in [3.63, 3.8) is 0 Å². The molecule has 0 unspecified atom stereocenters. The first-order valence-electron chi connectivity index (χ1n) is 7.32. The van der Waals surface area contributed by atoms with Crippen LogP contribution in [0.5, 0.6) is 0 Å². The minimum atomic E-state index is -0.190. The molecule has 0 aromatic heterocycles. The molecule has 1 aliphatic carbocycles. The first-order valence-corrected chi connectivity index (χ1v) is 7.32. The second-order valence-corrected chi connectivity index (χ2v) is 5.87. The van der Waals surface area contributed by atoms with Gasteiger partial charge in [0.15, 0.2) is 0 Å². The highest BCUT2D eigenvalue weighted by Gasteiger charge is 2.25. The maximum Gasteiger partial charge on any atom is 0.0669 e. The minimum Gasteiger partial charge on any atom is -0.395 e. The van der Waals surface area contributed by atoms with Crippen molar-refractivity contribution in [1.29, 1.82) is 0 Å². The van der Waals surface area contributed by atoms with Gasteiger partial charge in [-0.2, -0.15) is 0 Å². The van der Waals surface area contributed by atoms with Gasteiger partial charge in [-0.1, -0.05) is 32.1 Å². The van der Waals surface area contributed by atoms with Crippen LogP contribution in [0.2, 0.25) is 0 Å². The Hall–Kier alpha value is -0.120. The lowest BCUT2D eigenvalue weighted by Gasteiger charge is -2.36. The predicted molar refractivity (Wildman–Crippen MR) is 68.9 cm³/mol. The van der Waals surface area contributed by atoms with Crippen molar-refractivity contribution in [3.8, 4) is 0 Å². The monoisotopic (exact) mass is 241 g/mol. The van der Waals surface area contributed by atoms with E-state index in [1.54, 1.807) is 0 Å². The molecule has 2 aliphatic rings. The molecule has 17 heavy (non-hydrogen) atoms. The van der Waals surface area contributed by atoms with Crippen LogP contribution in [0.25, 0.3) is 0 Å². The highest BCUT2D eigenvalue weighted by Crippen LogP contribution is 2.29. The molecule has 0 bridgehead atoms. The third-order valence-corrected chi connectivity index (χ3v) is 4.49. The first kappa shape index (κ1) is 13.3. The Kier molecular flexibility index (Phi) is 5.26. The fourth-order valence-corrected chi connectivity index (χ4v) is 3.48. The van der Waals surface area contributed by atoms with E-state index in [0.717, 1.165) is 31.8 Å². The summed E-state index contributed by atoms with van der Waals surface area (Å²) in [6.45, 7) is 2.06. The van der Waals surface area contributed by atoms with Crippen molar-refractivity contribution in [2.24, 2.45) is 5.92 Å². The highest BCUT2D eigenvalue weighted by atomic mass is 16.3. The molecule has 2 fully saturated rings. The van der Waals surface area contributed by atoms with Crippen molar-refractivity contribution >= 4 is 0 Å². The number of aliphatic hydroxyl groups is 2. The van der Waals surface area contributed by atoms with Gasteiger partial charge in [0.2, 0.25) is 0 Å². The summed E-state index contributed by atoms with van der Waals surface area (Å²) in [7, 11) is 0. The normalized spacial score (nSPS) is 29.6. The van der Waals surface area contributed by atoms with Gasteiger partial charge in [-0.3, -0.25) is 4.90 Å². The van der Waals surface area contributed by atoms with Crippen LogP contribution in [-0.2, 0) is 0 Å². The predicted octanol–water partition coefficient (Wildman–Crippen LogP) is 1.77. The van der Waals surface area contributed by atoms with Gasteiger partial charge in [-0.15, -0.1) is 0 Å². The van der Waals surface area contributed by atoms with Gasteiger partial charge < -0.3 is 10.2 Å². The molecule has 0 spiro atoms. The summed E-state index contributed by atoms with van der Waals surface area (Å²) in [5.74, 6) is 0.752. The van der Waals surface area contributed by atoms with E-state index in [1.165, 1.54) is 38.5 Å². The van der Waals surface area contributed by atoms with Crippen molar-refractivity contribution in [3.05, 3.63) is 0 Å². The van der Waals surface area contributed by atoms with Crippen LogP contribution >= 0.6 is 0 Å². The van der Waals surface area contributed by atoms with Crippen LogP contribution in [0, 0.1) is 5.92 Å². The fraction of sp³-hybridized carbons (Fsp3) is 1.00. The Labute approximate surface area is 105 Å². The number of β-amino-alcohol motifs (C(OH)–C–C–N with tert-alkyl or cyclic N) is 1. The Morgan fingerprint density at radius 3 is 2.47 bits per heavy atom. The van der Waals surface area contributed by atoms with E-state index >= 15 is 0 Å². The van der Waals surface area contributed by atoms with Crippen LogP contribution in [0.15, 0.2) is 0 Å². The van der Waals surface area contributed by atoms with Crippen LogP contribution < -0.4 is 0 Å². The van der Waals surface area contributed by atoms with Crippen LogP contribution in [0.4, 0.5) is 0 Å². The summed E-state index contributed by atoms with van der Waals surface area (Å²) in [5.41, 5.74) is 0. The van der Waals surface area contributed by atoms with Crippen LogP contribution in [-0.4, -0.2) is 47.0 Å². The standard InChI is InChI=1S/C14H27NO2/c16-11-13-7-3-4-8-15(13)10-14(17)9-12-5-1-2-6-12/h12-14,16-17H,1-11H2/t13-,14+/m1/s1. The van der Waals surface area contributed by atoms with Crippen molar-refractivity contribution in [2.45, 2.75) is 63.5 Å². The minimum absolute atomic E-state index is 0.190. The molecule has 0 radical (unpaired) electrons. The Morgan fingerprint density at radius 2 is 1.76 bits per heavy atom. The van der Waals surface area contributed by atoms with Gasteiger partial charge in [0.05, 0.1) is 12.7 Å². The van der Waals surface area contributed by atoms with Crippen LogP contribution in [0.1, 0.15) is 51.4 Å². The Morgan fingerprint density at radius 1 is 1.06 bits per heavy atom. The van der Waals surface area contributed by atoms with Gasteiger partial charge in [-0.05, 0) is 31.7 Å². The molecule has 2 rings (SSSR count). The maximum absolute atomic E-state index is 10.2. The van der Waals surface area contributed by atoms with Crippen LogP contribution in [0.3, 0.4) is 0 Å². The second kappa shape index (κ2) is 6.72. The number of rotatable bonds is 5. The van der Waals surface area contributed by atoms with E-state index in [-0.39, 0.29) is 12.7 Å². The highest BCUT2D eigenvalue weighted by molar-refractivity contribution is 4.80. The molecule has 3 nitrogen and oxygen atoms in total. The lowest BCUT2D eigenvalue weighted by Crippen LogP contribution is -2.45. The molecule has 100 valence electrons. The van der Waals surface area contributed by atoms with Crippen molar-refractivity contribution in [2.75, 3.05) is 19.7 Å². The molecule has 1 saturated heterocycles. The summed E-state index contributed by atoms with van der Waals surface area (Å²) >= 11 is 0. The van der Waals surface area contributed by atoms with E-state index in [2.05, 4.69) is 4.90 Å². The number of hydrogen-bond donors (Lipinski definition) is 2. The topological polar surface area (TPSA) is 43.7 Å². The second-order valence-electron chi connectivity index (χ2n) is 5.87. The summed E-state index contributed by atoms with van der Waals surface area (Å²) in [4.78, 5) is 2.29. The quantitative estimate of drug-likeness (QED) is 0.771. The van der Waals surface area contributed by atoms with Gasteiger partial charge in [-0.25, -0.2) is 0 Å². The summed E-state index contributed by atoms with van der Waals surface area (Å²) in [5, 5.41) is 19.5. The molecule has 1 aliphatic heterocycles. The van der Waals surface area contributed by atoms with Gasteiger partial charge >= 0.3 is 0 Å². The molecule has 1 saturated carbocycles. The fourth-order valence-electron chi connectivity index (χ4n) is 3.48. The molecular formula is C14H27NO2. The van der Waals surface area contributed by atoms with E-state index in [0.29, 0.717) is 6.04 Å². The molecule has 0 amide bonds. The molecule has 0 aromatic rings. The number of nitrogens with zero attached hydrogens (tertiary/aromatic N) is 1. The first-order chi connectivity index (χ1) is 8.29. The lowest BCUT2D eigenvalue weighted by molar-refractivity contribution is 0.0333. The maximum atomic E-state index is 10.2. The smallest absolute Gasteiger partial charge is 0.0669 e. The van der Waals surface area contributed by atoms with E-state index in [4.69, 9.17) is 0 Å². The number of hydrogen-bond acceptors (Lipinski definition) is 3. The largest absolute Gasteiger partial charge is 0.395 e. The zero-order chi connectivity index (χ0) is 12.1. The Bertz CT molecular complexity index is 216. The van der Waals surface area contributed by atoms with E-state index < -0.39 is 0 Å². The summed E-state index contributed by atoms with van der Waals surface area (Å²) in [6, 6.07) is 0.293. The van der Waals surface area contributed by atoms with Crippen molar-refractivity contribution in [1.82, 2.24) is 4.90 Å². The zero-order valence-electron chi connectivity index (χ0n) is 10.9. The Balaban J connectivity index is 1.73. The van der Waals surface area contributed by atoms with Crippen molar-refractivity contribution < 1.29 is 10.2 Å². The molecular weight excluding hydrogens is 214 g/mol. The molecule has 3 heteroatoms. The number of likely N-dealkylation sites (tertiary alicyclic amines) is 1. The summed E-state index contributed by atoms with van der Waals surface area (Å²) < 4.78 is 0. The van der Waals surface area contributed by atoms with E-state index in [9.17, 15) is 10.2 Å². The molecule has 0 aromatic carbocycles. The zero-order valence-corrected chi connectivity index (χ0v) is 10.9. The number of piperidine rings is 1.